The van der Waals surface area contributed by atoms with Crippen LogP contribution >= 0.6 is 11.6 Å². The van der Waals surface area contributed by atoms with Crippen molar-refractivity contribution in [1.29, 1.82) is 0 Å². The summed E-state index contributed by atoms with van der Waals surface area (Å²) < 4.78 is 18.6. The molecule has 0 spiro atoms. The molecule has 2 rings (SSSR count). The lowest BCUT2D eigenvalue weighted by Gasteiger charge is -2.23. The average Bonchev–Trinajstić information content (AvgIpc) is 3.01. The molecule has 7 heteroatoms. The van der Waals surface area contributed by atoms with E-state index in [1.54, 1.807) is 0 Å². The second-order valence-corrected chi connectivity index (χ2v) is 6.46. The third kappa shape index (κ3) is 4.42. The maximum Gasteiger partial charge on any atom is 0.239 e. The van der Waals surface area contributed by atoms with Gasteiger partial charge in [-0.3, -0.25) is 9.59 Å². The van der Waals surface area contributed by atoms with Gasteiger partial charge in [-0.2, -0.15) is 0 Å². The number of carbonyl (C=O) groups is 2. The number of amides is 2. The zero-order chi connectivity index (χ0) is 17.0. The zero-order valence-corrected chi connectivity index (χ0v) is 13.9. The van der Waals surface area contributed by atoms with Crippen molar-refractivity contribution in [3.63, 3.8) is 0 Å². The minimum Gasteiger partial charge on any atom is -0.376 e. The molecule has 0 aromatic heterocycles. The van der Waals surface area contributed by atoms with Crippen molar-refractivity contribution in [3.8, 4) is 0 Å². The van der Waals surface area contributed by atoms with Gasteiger partial charge in [0.15, 0.2) is 0 Å². The minimum atomic E-state index is -1.28. The molecule has 1 fully saturated rings. The van der Waals surface area contributed by atoms with Gasteiger partial charge in [-0.25, -0.2) is 4.39 Å². The Labute approximate surface area is 139 Å². The molecular formula is C16H20ClFN2O3. The van der Waals surface area contributed by atoms with E-state index < -0.39 is 23.0 Å². The third-order valence-corrected chi connectivity index (χ3v) is 4.12. The average molecular weight is 343 g/mol. The van der Waals surface area contributed by atoms with Gasteiger partial charge < -0.3 is 15.4 Å². The molecule has 0 bridgehead atoms. The predicted molar refractivity (Wildman–Crippen MR) is 85.8 cm³/mol. The highest BCUT2D eigenvalue weighted by molar-refractivity contribution is 6.31. The van der Waals surface area contributed by atoms with Crippen LogP contribution in [-0.2, 0) is 14.3 Å². The number of nitrogens with one attached hydrogen (secondary N) is 2. The molecule has 1 aliphatic rings. The molecule has 126 valence electrons. The zero-order valence-electron chi connectivity index (χ0n) is 13.1. The highest BCUT2D eigenvalue weighted by Crippen LogP contribution is 2.23. The van der Waals surface area contributed by atoms with E-state index in [0.717, 1.165) is 18.9 Å². The van der Waals surface area contributed by atoms with Gasteiger partial charge in [-0.1, -0.05) is 11.6 Å². The fourth-order valence-corrected chi connectivity index (χ4v) is 2.38. The molecule has 1 saturated heterocycles. The van der Waals surface area contributed by atoms with Gasteiger partial charge in [0.25, 0.3) is 0 Å². The topological polar surface area (TPSA) is 67.4 Å². The molecule has 2 N–H and O–H groups in total. The molecule has 5 nitrogen and oxygen atoms in total. The fraction of sp³-hybridized carbons (Fsp3) is 0.500. The Morgan fingerprint density at radius 3 is 2.74 bits per heavy atom. The highest BCUT2D eigenvalue weighted by atomic mass is 35.5. The standard InChI is InChI=1S/C16H20ClFN2O3/c1-16(2,14(21)19-9-11-4-3-7-23-11)15(22)20-10-5-6-13(18)12(17)8-10/h5-6,8,11H,3-4,7,9H2,1-2H3,(H,19,21)(H,20,22). The van der Waals surface area contributed by atoms with E-state index in [1.807, 2.05) is 0 Å². The molecule has 0 radical (unpaired) electrons. The maximum absolute atomic E-state index is 13.1. The molecule has 0 saturated carbocycles. The Morgan fingerprint density at radius 1 is 1.39 bits per heavy atom. The normalized spacial score (nSPS) is 17.8. The molecule has 1 unspecified atom stereocenters. The molecule has 1 atom stereocenters. The first-order valence-corrected chi connectivity index (χ1v) is 7.85. The summed E-state index contributed by atoms with van der Waals surface area (Å²) in [5, 5.41) is 5.22. The van der Waals surface area contributed by atoms with Gasteiger partial charge in [0, 0.05) is 18.8 Å². The van der Waals surface area contributed by atoms with Crippen LogP contribution in [0.3, 0.4) is 0 Å². The molecule has 1 aromatic carbocycles. The minimum absolute atomic E-state index is 0.00807. The summed E-state index contributed by atoms with van der Waals surface area (Å²) in [6, 6.07) is 3.84. The first-order chi connectivity index (χ1) is 10.8. The number of hydrogen-bond donors (Lipinski definition) is 2. The second-order valence-electron chi connectivity index (χ2n) is 6.05. The molecule has 1 aliphatic heterocycles. The first-order valence-electron chi connectivity index (χ1n) is 7.47. The number of hydrogen-bond acceptors (Lipinski definition) is 3. The summed E-state index contributed by atoms with van der Waals surface area (Å²) in [4.78, 5) is 24.6. The van der Waals surface area contributed by atoms with E-state index >= 15 is 0 Å². The number of anilines is 1. The smallest absolute Gasteiger partial charge is 0.239 e. The number of benzene rings is 1. The molecule has 1 aromatic rings. The van der Waals surface area contributed by atoms with Crippen LogP contribution in [0.2, 0.25) is 5.02 Å². The number of ether oxygens (including phenoxy) is 1. The van der Waals surface area contributed by atoms with E-state index in [0.29, 0.717) is 18.8 Å². The van der Waals surface area contributed by atoms with Crippen LogP contribution in [0.5, 0.6) is 0 Å². The van der Waals surface area contributed by atoms with Gasteiger partial charge in [0.2, 0.25) is 11.8 Å². The van der Waals surface area contributed by atoms with Crippen molar-refractivity contribution < 1.29 is 18.7 Å². The number of carbonyl (C=O) groups excluding carboxylic acids is 2. The van der Waals surface area contributed by atoms with Crippen molar-refractivity contribution in [3.05, 3.63) is 29.0 Å². The summed E-state index contributed by atoms with van der Waals surface area (Å²) in [6.07, 6.45) is 1.89. The summed E-state index contributed by atoms with van der Waals surface area (Å²) in [6.45, 7) is 4.14. The SMILES string of the molecule is CC(C)(C(=O)NCC1CCCO1)C(=O)Nc1ccc(F)c(Cl)c1. The maximum atomic E-state index is 13.1. The van der Waals surface area contributed by atoms with Crippen LogP contribution < -0.4 is 10.6 Å². The van der Waals surface area contributed by atoms with Gasteiger partial charge in [0.1, 0.15) is 11.2 Å². The summed E-state index contributed by atoms with van der Waals surface area (Å²) in [7, 11) is 0. The largest absolute Gasteiger partial charge is 0.376 e. The summed E-state index contributed by atoms with van der Waals surface area (Å²) in [5.41, 5.74) is -0.944. The first kappa shape index (κ1) is 17.7. The van der Waals surface area contributed by atoms with Crippen LogP contribution in [0, 0.1) is 11.2 Å². The van der Waals surface area contributed by atoms with E-state index in [4.69, 9.17) is 16.3 Å². The van der Waals surface area contributed by atoms with E-state index in [2.05, 4.69) is 10.6 Å². The summed E-state index contributed by atoms with van der Waals surface area (Å²) in [5.74, 6) is -1.46. The quantitative estimate of drug-likeness (QED) is 0.808. The molecule has 2 amide bonds. The lowest BCUT2D eigenvalue weighted by molar-refractivity contribution is -0.138. The monoisotopic (exact) mass is 342 g/mol. The Hall–Kier alpha value is -1.66. The van der Waals surface area contributed by atoms with Crippen LogP contribution in [0.1, 0.15) is 26.7 Å². The molecule has 0 aliphatic carbocycles. The Bertz CT molecular complexity index is 601. The third-order valence-electron chi connectivity index (χ3n) is 3.83. The van der Waals surface area contributed by atoms with Crippen LogP contribution in [0.15, 0.2) is 18.2 Å². The second kappa shape index (κ2) is 7.27. The summed E-state index contributed by atoms with van der Waals surface area (Å²) >= 11 is 5.68. The van der Waals surface area contributed by atoms with Gasteiger partial charge in [-0.05, 0) is 44.9 Å². The highest BCUT2D eigenvalue weighted by Gasteiger charge is 2.36. The van der Waals surface area contributed by atoms with Crippen molar-refractivity contribution in [2.45, 2.75) is 32.8 Å². The molecule has 23 heavy (non-hydrogen) atoms. The molecular weight excluding hydrogens is 323 g/mol. The van der Waals surface area contributed by atoms with Crippen LogP contribution in [0.4, 0.5) is 10.1 Å². The van der Waals surface area contributed by atoms with E-state index in [-0.39, 0.29) is 11.1 Å². The van der Waals surface area contributed by atoms with Gasteiger partial charge >= 0.3 is 0 Å². The van der Waals surface area contributed by atoms with Gasteiger partial charge in [-0.15, -0.1) is 0 Å². The van der Waals surface area contributed by atoms with Crippen molar-refractivity contribution in [2.24, 2.45) is 5.41 Å². The van der Waals surface area contributed by atoms with Crippen LogP contribution in [0.25, 0.3) is 0 Å². The Morgan fingerprint density at radius 2 is 2.13 bits per heavy atom. The number of halogens is 2. The van der Waals surface area contributed by atoms with Crippen molar-refractivity contribution in [1.82, 2.24) is 5.32 Å². The molecule has 1 heterocycles. The predicted octanol–water partition coefficient (Wildman–Crippen LogP) is 2.74. The van der Waals surface area contributed by atoms with Crippen LogP contribution in [-0.4, -0.2) is 31.1 Å². The van der Waals surface area contributed by atoms with Gasteiger partial charge in [0.05, 0.1) is 11.1 Å². The Kier molecular flexibility index (Phi) is 5.59. The lowest BCUT2D eigenvalue weighted by atomic mass is 9.91. The lowest BCUT2D eigenvalue weighted by Crippen LogP contribution is -2.47. The van der Waals surface area contributed by atoms with E-state index in [1.165, 1.54) is 26.0 Å². The number of rotatable bonds is 5. The van der Waals surface area contributed by atoms with Crippen molar-refractivity contribution in [2.75, 3.05) is 18.5 Å². The Balaban J connectivity index is 1.94. The van der Waals surface area contributed by atoms with Crippen molar-refractivity contribution >= 4 is 29.1 Å². The fourth-order valence-electron chi connectivity index (χ4n) is 2.20. The van der Waals surface area contributed by atoms with E-state index in [9.17, 15) is 14.0 Å².